The topological polar surface area (TPSA) is 43.4 Å². The Morgan fingerprint density at radius 3 is 2.17 bits per heavy atom. The van der Waals surface area contributed by atoms with Gasteiger partial charge >= 0.3 is 0 Å². The summed E-state index contributed by atoms with van der Waals surface area (Å²) < 4.78 is 5.06. The van der Waals surface area contributed by atoms with E-state index in [1.807, 2.05) is 0 Å². The van der Waals surface area contributed by atoms with Crippen LogP contribution in [0.4, 0.5) is 0 Å². The van der Waals surface area contributed by atoms with Gasteiger partial charge in [-0.1, -0.05) is 0 Å². The van der Waals surface area contributed by atoms with Gasteiger partial charge in [0.15, 0.2) is 16.4 Å². The molecule has 0 radical (unpaired) electrons. The molecule has 0 aromatic carbocycles. The third-order valence-corrected chi connectivity index (χ3v) is 2.57. The highest BCUT2D eigenvalue weighted by molar-refractivity contribution is 6.48. The number of carbonyl (C=O) groups excluding carboxylic acids is 2. The fraction of sp³-hybridized carbons (Fsp3) is 0.500. The van der Waals surface area contributed by atoms with Crippen LogP contribution in [0.15, 0.2) is 12.2 Å². The number of hydrogen-bond donors (Lipinski definition) is 0. The molecule has 0 aliphatic carbocycles. The average Bonchev–Trinajstić information content (AvgIpc) is 2.45. The van der Waals surface area contributed by atoms with E-state index in [-0.39, 0.29) is 11.6 Å². The number of ether oxygens (including phenoxy) is 1. The summed E-state index contributed by atoms with van der Waals surface area (Å²) in [6.45, 7) is 1.43. The smallest absolute Gasteiger partial charge is 0.193 e. The highest BCUT2D eigenvalue weighted by Crippen LogP contribution is 2.32. The molecule has 0 aromatic rings. The van der Waals surface area contributed by atoms with Crippen molar-refractivity contribution >= 4 is 23.2 Å². The normalized spacial score (nSPS) is 45.5. The number of halogens is 1. The first-order valence-electron chi connectivity index (χ1n) is 3.65. The molecule has 64 valence electrons. The van der Waals surface area contributed by atoms with E-state index in [1.54, 1.807) is 12.2 Å². The van der Waals surface area contributed by atoms with E-state index < -0.39 is 17.1 Å². The zero-order valence-corrected chi connectivity index (χ0v) is 7.17. The van der Waals surface area contributed by atoms with Crippen molar-refractivity contribution in [2.24, 2.45) is 0 Å². The fourth-order valence-corrected chi connectivity index (χ4v) is 1.62. The molecule has 0 N–H and O–H groups in total. The van der Waals surface area contributed by atoms with Gasteiger partial charge in [0.1, 0.15) is 12.2 Å². The Bertz CT molecular complexity index is 267. The second-order valence-electron chi connectivity index (χ2n) is 3.09. The highest BCUT2D eigenvalue weighted by Gasteiger charge is 2.52. The highest BCUT2D eigenvalue weighted by atomic mass is 35.5. The summed E-state index contributed by atoms with van der Waals surface area (Å²) in [7, 11) is 0. The van der Waals surface area contributed by atoms with Crippen LogP contribution in [-0.4, -0.2) is 28.6 Å². The Kier molecular flexibility index (Phi) is 1.44. The van der Waals surface area contributed by atoms with Crippen molar-refractivity contribution in [2.75, 3.05) is 0 Å². The summed E-state index contributed by atoms with van der Waals surface area (Å²) in [5, 5.41) is 0. The van der Waals surface area contributed by atoms with Gasteiger partial charge in [-0.2, -0.15) is 0 Å². The molecular formula is C8H7ClO3. The molecule has 4 heteroatoms. The number of carbonyl (C=O) groups is 2. The van der Waals surface area contributed by atoms with Gasteiger partial charge in [0.25, 0.3) is 0 Å². The maximum absolute atomic E-state index is 11.4. The molecule has 2 rings (SSSR count). The Morgan fingerprint density at radius 1 is 1.33 bits per heavy atom. The molecule has 2 heterocycles. The predicted molar refractivity (Wildman–Crippen MR) is 42.1 cm³/mol. The molecule has 12 heavy (non-hydrogen) atoms. The van der Waals surface area contributed by atoms with Crippen molar-refractivity contribution in [3.05, 3.63) is 12.2 Å². The lowest BCUT2D eigenvalue weighted by Crippen LogP contribution is -2.53. The molecule has 0 aromatic heterocycles. The third-order valence-electron chi connectivity index (χ3n) is 2.20. The van der Waals surface area contributed by atoms with Crippen LogP contribution < -0.4 is 0 Å². The molecular weight excluding hydrogens is 180 g/mol. The van der Waals surface area contributed by atoms with Crippen LogP contribution in [-0.2, 0) is 14.3 Å². The SMILES string of the molecule is CC1(Cl)C(=O)C2C=CC(O2)C1=O. The molecule has 2 atom stereocenters. The van der Waals surface area contributed by atoms with Gasteiger partial charge in [-0.05, 0) is 19.1 Å². The van der Waals surface area contributed by atoms with E-state index >= 15 is 0 Å². The second-order valence-corrected chi connectivity index (χ2v) is 3.85. The van der Waals surface area contributed by atoms with Gasteiger partial charge in [0.2, 0.25) is 0 Å². The first kappa shape index (κ1) is 7.95. The number of alkyl halides is 1. The van der Waals surface area contributed by atoms with Crippen LogP contribution >= 0.6 is 11.6 Å². The first-order chi connectivity index (χ1) is 5.53. The van der Waals surface area contributed by atoms with E-state index in [0.717, 1.165) is 0 Å². The largest absolute Gasteiger partial charge is 0.351 e. The lowest BCUT2D eigenvalue weighted by Gasteiger charge is -2.29. The molecule has 0 amide bonds. The summed E-state index contributed by atoms with van der Waals surface area (Å²) >= 11 is 5.78. The molecule has 1 saturated heterocycles. The van der Waals surface area contributed by atoms with Crippen molar-refractivity contribution in [1.29, 1.82) is 0 Å². The monoisotopic (exact) mass is 186 g/mol. The van der Waals surface area contributed by atoms with E-state index in [4.69, 9.17) is 16.3 Å². The van der Waals surface area contributed by atoms with Crippen LogP contribution in [0.1, 0.15) is 6.92 Å². The van der Waals surface area contributed by atoms with Gasteiger partial charge in [-0.15, -0.1) is 11.6 Å². The number of Topliss-reactive ketones (excluding diaryl/α,β-unsaturated/α-hetero) is 2. The van der Waals surface area contributed by atoms with Gasteiger partial charge in [-0.3, -0.25) is 9.59 Å². The van der Waals surface area contributed by atoms with Gasteiger partial charge < -0.3 is 4.74 Å². The molecule has 1 fully saturated rings. The zero-order chi connectivity index (χ0) is 8.93. The predicted octanol–water partition coefficient (Wildman–Crippen LogP) is 0.459. The third kappa shape index (κ3) is 0.807. The minimum absolute atomic E-state index is 0.362. The molecule has 0 saturated carbocycles. The molecule has 2 aliphatic heterocycles. The average molecular weight is 187 g/mol. The van der Waals surface area contributed by atoms with E-state index in [2.05, 4.69) is 0 Å². The van der Waals surface area contributed by atoms with Crippen molar-refractivity contribution < 1.29 is 14.3 Å². The summed E-state index contributed by atoms with van der Waals surface area (Å²) in [4.78, 5) is 21.4. The van der Waals surface area contributed by atoms with Crippen molar-refractivity contribution in [1.82, 2.24) is 0 Å². The quantitative estimate of drug-likeness (QED) is 0.314. The molecule has 2 bridgehead atoms. The van der Waals surface area contributed by atoms with Crippen LogP contribution in [0.3, 0.4) is 0 Å². The summed E-state index contributed by atoms with van der Waals surface area (Å²) in [6, 6.07) is 0. The van der Waals surface area contributed by atoms with Gasteiger partial charge in [0, 0.05) is 0 Å². The fourth-order valence-electron chi connectivity index (χ4n) is 1.40. The molecule has 3 nitrogen and oxygen atoms in total. The minimum atomic E-state index is -1.39. The van der Waals surface area contributed by atoms with Crippen LogP contribution in [0.25, 0.3) is 0 Å². The Hall–Kier alpha value is -0.670. The minimum Gasteiger partial charge on any atom is -0.351 e. The lowest BCUT2D eigenvalue weighted by atomic mass is 9.93. The maximum atomic E-state index is 11.4. The molecule has 2 unspecified atom stereocenters. The number of ketones is 2. The Balaban J connectivity index is 2.45. The maximum Gasteiger partial charge on any atom is 0.193 e. The van der Waals surface area contributed by atoms with Crippen LogP contribution in [0, 0.1) is 0 Å². The van der Waals surface area contributed by atoms with Crippen LogP contribution in [0.2, 0.25) is 0 Å². The lowest BCUT2D eigenvalue weighted by molar-refractivity contribution is -0.149. The number of hydrogen-bond acceptors (Lipinski definition) is 3. The number of rotatable bonds is 0. The van der Waals surface area contributed by atoms with Gasteiger partial charge in [-0.25, -0.2) is 0 Å². The first-order valence-corrected chi connectivity index (χ1v) is 4.02. The Labute approximate surface area is 74.3 Å². The van der Waals surface area contributed by atoms with E-state index in [1.165, 1.54) is 6.92 Å². The summed E-state index contributed by atoms with van der Waals surface area (Å²) in [6.07, 6.45) is 1.93. The van der Waals surface area contributed by atoms with Crippen molar-refractivity contribution in [3.8, 4) is 0 Å². The zero-order valence-electron chi connectivity index (χ0n) is 6.41. The molecule has 0 spiro atoms. The summed E-state index contributed by atoms with van der Waals surface area (Å²) in [5.74, 6) is -0.724. The second kappa shape index (κ2) is 2.18. The molecule has 2 aliphatic rings. The van der Waals surface area contributed by atoms with Gasteiger partial charge in [0.05, 0.1) is 0 Å². The standard InChI is InChI=1S/C8H7ClO3/c1-8(9)6(10)4-2-3-5(12-4)7(8)11/h2-5H,1H3. The summed E-state index contributed by atoms with van der Waals surface area (Å²) in [5.41, 5.74) is 0. The number of fused-ring (bicyclic) bond motifs is 2. The Morgan fingerprint density at radius 2 is 1.75 bits per heavy atom. The van der Waals surface area contributed by atoms with Crippen LogP contribution in [0.5, 0.6) is 0 Å². The van der Waals surface area contributed by atoms with E-state index in [0.29, 0.717) is 0 Å². The van der Waals surface area contributed by atoms with Crippen molar-refractivity contribution in [2.45, 2.75) is 24.0 Å². The van der Waals surface area contributed by atoms with E-state index in [9.17, 15) is 9.59 Å². The van der Waals surface area contributed by atoms with Crippen molar-refractivity contribution in [3.63, 3.8) is 0 Å².